The summed E-state index contributed by atoms with van der Waals surface area (Å²) in [6.45, 7) is 4.53. The number of hydrogen-bond acceptors (Lipinski definition) is 4. The molecular formula is C20H20ClN3OS. The fraction of sp³-hybridized carbons (Fsp3) is 0.200. The van der Waals surface area contributed by atoms with Gasteiger partial charge in [0.05, 0.1) is 7.11 Å². The van der Waals surface area contributed by atoms with Crippen LogP contribution in [0.5, 0.6) is 5.75 Å². The lowest BCUT2D eigenvalue weighted by atomic mass is 10.1. The molecule has 3 aromatic rings. The van der Waals surface area contributed by atoms with Crippen LogP contribution in [0.4, 0.5) is 0 Å². The Balaban J connectivity index is 1.74. The van der Waals surface area contributed by atoms with Crippen molar-refractivity contribution in [2.24, 2.45) is 0 Å². The molecule has 0 atom stereocenters. The van der Waals surface area contributed by atoms with E-state index in [1.807, 2.05) is 42.5 Å². The zero-order valence-corrected chi connectivity index (χ0v) is 16.1. The summed E-state index contributed by atoms with van der Waals surface area (Å²) < 4.78 is 7.30. The highest BCUT2D eigenvalue weighted by Gasteiger charge is 2.12. The second-order valence-corrected chi connectivity index (χ2v) is 7.12. The number of methoxy groups -OCH3 is 1. The molecule has 134 valence electrons. The van der Waals surface area contributed by atoms with E-state index in [0.29, 0.717) is 13.0 Å². The molecule has 1 heterocycles. The van der Waals surface area contributed by atoms with Gasteiger partial charge in [-0.05, 0) is 35.4 Å². The van der Waals surface area contributed by atoms with Gasteiger partial charge in [-0.15, -0.1) is 16.8 Å². The summed E-state index contributed by atoms with van der Waals surface area (Å²) in [5, 5.41) is 10.4. The number of rotatable bonds is 8. The molecule has 0 spiro atoms. The minimum atomic E-state index is 0.674. The molecule has 26 heavy (non-hydrogen) atoms. The summed E-state index contributed by atoms with van der Waals surface area (Å²) in [5.41, 5.74) is 2.32. The smallest absolute Gasteiger partial charge is 0.191 e. The molecule has 0 saturated carbocycles. The number of halogens is 1. The van der Waals surface area contributed by atoms with Crippen LogP contribution in [0.15, 0.2) is 66.3 Å². The van der Waals surface area contributed by atoms with Crippen molar-refractivity contribution in [2.75, 3.05) is 7.11 Å². The van der Waals surface area contributed by atoms with Gasteiger partial charge in [-0.1, -0.05) is 53.7 Å². The van der Waals surface area contributed by atoms with Gasteiger partial charge < -0.3 is 9.30 Å². The zero-order valence-electron chi connectivity index (χ0n) is 14.6. The Bertz CT molecular complexity index is 877. The molecule has 2 aromatic carbocycles. The number of ether oxygens (including phenoxy) is 1. The Morgan fingerprint density at radius 1 is 1.15 bits per heavy atom. The highest BCUT2D eigenvalue weighted by molar-refractivity contribution is 7.98. The standard InChI is InChI=1S/C20H20ClN3OS/c1-3-11-24-19(13-16-5-4-6-17(21)12-16)22-23-20(24)26-14-15-7-9-18(25-2)10-8-15/h3-10,12H,1,11,13-14H2,2H3. The third kappa shape index (κ3) is 4.68. The Morgan fingerprint density at radius 2 is 1.96 bits per heavy atom. The van der Waals surface area contributed by atoms with Crippen LogP contribution in [0.1, 0.15) is 17.0 Å². The first-order valence-corrected chi connectivity index (χ1v) is 9.59. The van der Waals surface area contributed by atoms with Crippen LogP contribution in [-0.4, -0.2) is 21.9 Å². The van der Waals surface area contributed by atoms with E-state index in [2.05, 4.69) is 33.5 Å². The first kappa shape index (κ1) is 18.5. The van der Waals surface area contributed by atoms with Crippen LogP contribution in [0.3, 0.4) is 0 Å². The number of nitrogens with zero attached hydrogens (tertiary/aromatic N) is 3. The van der Waals surface area contributed by atoms with Gasteiger partial charge in [-0.3, -0.25) is 0 Å². The molecule has 0 fully saturated rings. The van der Waals surface area contributed by atoms with Gasteiger partial charge in [0.25, 0.3) is 0 Å². The van der Waals surface area contributed by atoms with E-state index in [9.17, 15) is 0 Å². The molecule has 0 aliphatic rings. The summed E-state index contributed by atoms with van der Waals surface area (Å²) in [7, 11) is 1.67. The van der Waals surface area contributed by atoms with Gasteiger partial charge in [0.1, 0.15) is 11.6 Å². The predicted octanol–water partition coefficient (Wildman–Crippen LogP) is 5.01. The summed E-state index contributed by atoms with van der Waals surface area (Å²) in [4.78, 5) is 0. The fourth-order valence-corrected chi connectivity index (χ4v) is 3.70. The lowest BCUT2D eigenvalue weighted by Gasteiger charge is -2.08. The molecule has 4 nitrogen and oxygen atoms in total. The molecule has 0 aliphatic heterocycles. The Hall–Kier alpha value is -2.24. The van der Waals surface area contributed by atoms with Gasteiger partial charge in [0, 0.05) is 23.7 Å². The number of benzene rings is 2. The van der Waals surface area contributed by atoms with E-state index in [0.717, 1.165) is 33.1 Å². The van der Waals surface area contributed by atoms with Gasteiger partial charge in [-0.25, -0.2) is 0 Å². The van der Waals surface area contributed by atoms with E-state index < -0.39 is 0 Å². The monoisotopic (exact) mass is 385 g/mol. The van der Waals surface area contributed by atoms with Gasteiger partial charge in [0.15, 0.2) is 5.16 Å². The van der Waals surface area contributed by atoms with E-state index in [4.69, 9.17) is 16.3 Å². The van der Waals surface area contributed by atoms with E-state index in [1.165, 1.54) is 5.56 Å². The Kier molecular flexibility index (Phi) is 6.36. The molecule has 1 aromatic heterocycles. The summed E-state index contributed by atoms with van der Waals surface area (Å²) in [6, 6.07) is 15.9. The van der Waals surface area contributed by atoms with Crippen molar-refractivity contribution in [3.05, 3.63) is 83.2 Å². The van der Waals surface area contributed by atoms with Crippen LogP contribution < -0.4 is 4.74 Å². The highest BCUT2D eigenvalue weighted by Crippen LogP contribution is 2.24. The molecular weight excluding hydrogens is 366 g/mol. The van der Waals surface area contributed by atoms with E-state index >= 15 is 0 Å². The normalized spacial score (nSPS) is 10.7. The predicted molar refractivity (Wildman–Crippen MR) is 107 cm³/mol. The lowest BCUT2D eigenvalue weighted by molar-refractivity contribution is 0.414. The molecule has 0 bridgehead atoms. The second kappa shape index (κ2) is 8.92. The van der Waals surface area contributed by atoms with Crippen molar-refractivity contribution < 1.29 is 4.74 Å². The average Bonchev–Trinajstić information content (AvgIpc) is 3.02. The number of thioether (sulfide) groups is 1. The number of allylic oxidation sites excluding steroid dienone is 1. The second-order valence-electron chi connectivity index (χ2n) is 5.74. The highest BCUT2D eigenvalue weighted by atomic mass is 35.5. The molecule has 6 heteroatoms. The van der Waals surface area contributed by atoms with Crippen molar-refractivity contribution >= 4 is 23.4 Å². The minimum absolute atomic E-state index is 0.674. The van der Waals surface area contributed by atoms with Crippen LogP contribution in [0, 0.1) is 0 Å². The summed E-state index contributed by atoms with van der Waals surface area (Å²) >= 11 is 7.75. The van der Waals surface area contributed by atoms with Gasteiger partial charge in [0.2, 0.25) is 0 Å². The molecule has 0 amide bonds. The lowest BCUT2D eigenvalue weighted by Crippen LogP contribution is -2.05. The first-order chi connectivity index (χ1) is 12.7. The fourth-order valence-electron chi connectivity index (χ4n) is 2.57. The largest absolute Gasteiger partial charge is 0.497 e. The average molecular weight is 386 g/mol. The van der Waals surface area contributed by atoms with Crippen LogP contribution in [0.25, 0.3) is 0 Å². The molecule has 0 unspecified atom stereocenters. The van der Waals surface area contributed by atoms with Crippen molar-refractivity contribution in [1.29, 1.82) is 0 Å². The number of hydrogen-bond donors (Lipinski definition) is 0. The summed E-state index contributed by atoms with van der Waals surface area (Å²) in [5.74, 6) is 2.58. The summed E-state index contributed by atoms with van der Waals surface area (Å²) in [6.07, 6.45) is 2.55. The van der Waals surface area contributed by atoms with Gasteiger partial charge in [-0.2, -0.15) is 0 Å². The molecule has 0 N–H and O–H groups in total. The zero-order chi connectivity index (χ0) is 18.4. The third-order valence-corrected chi connectivity index (χ3v) is 5.16. The van der Waals surface area contributed by atoms with Crippen LogP contribution >= 0.6 is 23.4 Å². The van der Waals surface area contributed by atoms with Crippen molar-refractivity contribution in [3.63, 3.8) is 0 Å². The third-order valence-electron chi connectivity index (χ3n) is 3.88. The number of aromatic nitrogens is 3. The van der Waals surface area contributed by atoms with Crippen LogP contribution in [-0.2, 0) is 18.7 Å². The Labute approximate surface area is 162 Å². The molecule has 3 rings (SSSR count). The maximum Gasteiger partial charge on any atom is 0.191 e. The van der Waals surface area contributed by atoms with Crippen molar-refractivity contribution in [3.8, 4) is 5.75 Å². The SMILES string of the molecule is C=CCn1c(Cc2cccc(Cl)c2)nnc1SCc1ccc(OC)cc1. The van der Waals surface area contributed by atoms with Gasteiger partial charge >= 0.3 is 0 Å². The van der Waals surface area contributed by atoms with Crippen molar-refractivity contribution in [2.45, 2.75) is 23.9 Å². The molecule has 0 aliphatic carbocycles. The minimum Gasteiger partial charge on any atom is -0.497 e. The molecule has 0 saturated heterocycles. The van der Waals surface area contributed by atoms with Crippen LogP contribution in [0.2, 0.25) is 5.02 Å². The maximum atomic E-state index is 6.08. The molecule has 0 radical (unpaired) electrons. The van der Waals surface area contributed by atoms with Crippen molar-refractivity contribution in [1.82, 2.24) is 14.8 Å². The van der Waals surface area contributed by atoms with E-state index in [-0.39, 0.29) is 0 Å². The van der Waals surface area contributed by atoms with E-state index in [1.54, 1.807) is 18.9 Å². The Morgan fingerprint density at radius 3 is 2.65 bits per heavy atom. The first-order valence-electron chi connectivity index (χ1n) is 8.22. The maximum absolute atomic E-state index is 6.08. The topological polar surface area (TPSA) is 39.9 Å². The quantitative estimate of drug-likeness (QED) is 0.403.